The van der Waals surface area contributed by atoms with E-state index in [1.54, 1.807) is 7.11 Å². The lowest BCUT2D eigenvalue weighted by Gasteiger charge is -2.19. The van der Waals surface area contributed by atoms with Gasteiger partial charge in [0.2, 0.25) is 0 Å². The molecule has 3 N–H and O–H groups in total. The zero-order chi connectivity index (χ0) is 13.4. The molecule has 1 unspecified atom stereocenters. The fourth-order valence-electron chi connectivity index (χ4n) is 1.77. The second kappa shape index (κ2) is 7.84. The fraction of sp³-hybridized carbons (Fsp3) is 0.667. The lowest BCUT2D eigenvalue weighted by atomic mass is 10.1. The molecule has 0 aliphatic rings. The Labute approximate surface area is 108 Å². The first-order chi connectivity index (χ1) is 8.76. The highest BCUT2D eigenvalue weighted by Gasteiger charge is 2.13. The summed E-state index contributed by atoms with van der Waals surface area (Å²) in [4.78, 5) is 8.45. The minimum atomic E-state index is -0.162. The van der Waals surface area contributed by atoms with Gasteiger partial charge in [0.25, 0.3) is 0 Å². The largest absolute Gasteiger partial charge is 0.394 e. The molecule has 1 heterocycles. The summed E-state index contributed by atoms with van der Waals surface area (Å²) in [7, 11) is 3.44. The standard InChI is InChI=1S/C12H22N4O2/c1-4-5-10-11(13-2)14-8-15-12(10)16-9(6-17)7-18-3/h8-9,17H,4-7H2,1-3H3,(H2,13,14,15,16). The van der Waals surface area contributed by atoms with Gasteiger partial charge in [-0.25, -0.2) is 9.97 Å². The molecule has 0 bridgehead atoms. The molecule has 0 aliphatic heterocycles. The maximum absolute atomic E-state index is 9.26. The van der Waals surface area contributed by atoms with Crippen molar-refractivity contribution in [3.8, 4) is 0 Å². The number of nitrogens with one attached hydrogen (secondary N) is 2. The van der Waals surface area contributed by atoms with E-state index in [1.807, 2.05) is 7.05 Å². The third-order valence-electron chi connectivity index (χ3n) is 2.61. The molecule has 0 aliphatic carbocycles. The molecule has 1 rings (SSSR count). The normalized spacial score (nSPS) is 12.2. The van der Waals surface area contributed by atoms with Crippen LogP contribution in [0.2, 0.25) is 0 Å². The topological polar surface area (TPSA) is 79.3 Å². The molecular formula is C12H22N4O2. The molecule has 0 saturated carbocycles. The van der Waals surface area contributed by atoms with E-state index in [-0.39, 0.29) is 12.6 Å². The Hall–Kier alpha value is -1.40. The number of nitrogens with zero attached hydrogens (tertiary/aromatic N) is 2. The van der Waals surface area contributed by atoms with Crippen LogP contribution in [0.4, 0.5) is 11.6 Å². The summed E-state index contributed by atoms with van der Waals surface area (Å²) in [6.45, 7) is 2.54. The van der Waals surface area contributed by atoms with Gasteiger partial charge in [0.15, 0.2) is 0 Å². The van der Waals surface area contributed by atoms with Crippen molar-refractivity contribution in [1.82, 2.24) is 9.97 Å². The Morgan fingerprint density at radius 1 is 1.39 bits per heavy atom. The highest BCUT2D eigenvalue weighted by Crippen LogP contribution is 2.21. The molecule has 18 heavy (non-hydrogen) atoms. The summed E-state index contributed by atoms with van der Waals surface area (Å²) in [6, 6.07) is -0.162. The Balaban J connectivity index is 2.92. The van der Waals surface area contributed by atoms with Gasteiger partial charge in [-0.05, 0) is 6.42 Å². The number of anilines is 2. The van der Waals surface area contributed by atoms with Crippen molar-refractivity contribution in [3.63, 3.8) is 0 Å². The number of hydrogen-bond acceptors (Lipinski definition) is 6. The summed E-state index contributed by atoms with van der Waals surface area (Å²) in [5.74, 6) is 1.58. The Morgan fingerprint density at radius 3 is 2.67 bits per heavy atom. The van der Waals surface area contributed by atoms with E-state index >= 15 is 0 Å². The van der Waals surface area contributed by atoms with Crippen molar-refractivity contribution < 1.29 is 9.84 Å². The minimum Gasteiger partial charge on any atom is -0.394 e. The van der Waals surface area contributed by atoms with Crippen molar-refractivity contribution in [3.05, 3.63) is 11.9 Å². The number of rotatable bonds is 8. The van der Waals surface area contributed by atoms with Gasteiger partial charge in [0.1, 0.15) is 18.0 Å². The van der Waals surface area contributed by atoms with Crippen LogP contribution in [-0.4, -0.2) is 48.5 Å². The lowest BCUT2D eigenvalue weighted by Crippen LogP contribution is -2.30. The summed E-state index contributed by atoms with van der Waals surface area (Å²) >= 11 is 0. The first-order valence-electron chi connectivity index (χ1n) is 6.14. The summed E-state index contributed by atoms with van der Waals surface area (Å²) in [6.07, 6.45) is 3.39. The molecule has 0 amide bonds. The third-order valence-corrected chi connectivity index (χ3v) is 2.61. The van der Waals surface area contributed by atoms with Crippen molar-refractivity contribution in [2.45, 2.75) is 25.8 Å². The van der Waals surface area contributed by atoms with Gasteiger partial charge in [-0.3, -0.25) is 0 Å². The first kappa shape index (κ1) is 14.7. The molecule has 0 aromatic carbocycles. The van der Waals surface area contributed by atoms with Gasteiger partial charge < -0.3 is 20.5 Å². The quantitative estimate of drug-likeness (QED) is 0.639. The van der Waals surface area contributed by atoms with Crippen molar-refractivity contribution in [2.75, 3.05) is 38.0 Å². The zero-order valence-electron chi connectivity index (χ0n) is 11.2. The second-order valence-corrected chi connectivity index (χ2v) is 4.03. The van der Waals surface area contributed by atoms with E-state index in [1.165, 1.54) is 6.33 Å². The van der Waals surface area contributed by atoms with E-state index in [9.17, 15) is 5.11 Å². The molecule has 102 valence electrons. The number of hydrogen-bond donors (Lipinski definition) is 3. The predicted octanol–water partition coefficient (Wildman–Crippen LogP) is 0.890. The molecule has 0 fully saturated rings. The highest BCUT2D eigenvalue weighted by atomic mass is 16.5. The second-order valence-electron chi connectivity index (χ2n) is 4.03. The molecular weight excluding hydrogens is 232 g/mol. The third kappa shape index (κ3) is 3.82. The summed E-state index contributed by atoms with van der Waals surface area (Å²) < 4.78 is 5.04. The molecule has 1 aromatic rings. The average molecular weight is 254 g/mol. The molecule has 1 atom stereocenters. The Morgan fingerprint density at radius 2 is 2.11 bits per heavy atom. The zero-order valence-corrected chi connectivity index (χ0v) is 11.2. The SMILES string of the molecule is CCCc1c(NC)ncnc1NC(CO)COC. The van der Waals surface area contributed by atoms with E-state index in [2.05, 4.69) is 27.5 Å². The number of methoxy groups -OCH3 is 1. The molecule has 0 saturated heterocycles. The van der Waals surface area contributed by atoms with Crippen LogP contribution in [0.5, 0.6) is 0 Å². The van der Waals surface area contributed by atoms with Crippen molar-refractivity contribution >= 4 is 11.6 Å². The van der Waals surface area contributed by atoms with Crippen molar-refractivity contribution in [2.24, 2.45) is 0 Å². The van der Waals surface area contributed by atoms with Crippen LogP contribution < -0.4 is 10.6 Å². The molecule has 0 spiro atoms. The van der Waals surface area contributed by atoms with Gasteiger partial charge in [-0.15, -0.1) is 0 Å². The van der Waals surface area contributed by atoms with E-state index in [0.29, 0.717) is 6.61 Å². The minimum absolute atomic E-state index is 0.00169. The van der Waals surface area contributed by atoms with Gasteiger partial charge >= 0.3 is 0 Å². The average Bonchev–Trinajstić information content (AvgIpc) is 2.40. The number of ether oxygens (including phenoxy) is 1. The number of aliphatic hydroxyl groups is 1. The Kier molecular flexibility index (Phi) is 6.38. The summed E-state index contributed by atoms with van der Waals surface area (Å²) in [5, 5.41) is 15.5. The molecule has 6 nitrogen and oxygen atoms in total. The van der Waals surface area contributed by atoms with Crippen molar-refractivity contribution in [1.29, 1.82) is 0 Å². The maximum Gasteiger partial charge on any atom is 0.135 e. The summed E-state index contributed by atoms with van der Waals surface area (Å²) in [5.41, 5.74) is 1.04. The first-order valence-corrected chi connectivity index (χ1v) is 6.14. The Bertz CT molecular complexity index is 360. The van der Waals surface area contributed by atoms with Crippen LogP contribution in [0.3, 0.4) is 0 Å². The molecule has 6 heteroatoms. The lowest BCUT2D eigenvalue weighted by molar-refractivity contribution is 0.153. The smallest absolute Gasteiger partial charge is 0.135 e. The van der Waals surface area contributed by atoms with Gasteiger partial charge in [-0.1, -0.05) is 13.3 Å². The van der Waals surface area contributed by atoms with Crippen LogP contribution in [0.1, 0.15) is 18.9 Å². The highest BCUT2D eigenvalue weighted by molar-refractivity contribution is 5.57. The van der Waals surface area contributed by atoms with Gasteiger partial charge in [0, 0.05) is 19.7 Å². The van der Waals surface area contributed by atoms with E-state index < -0.39 is 0 Å². The molecule has 1 aromatic heterocycles. The fourth-order valence-corrected chi connectivity index (χ4v) is 1.77. The van der Waals surface area contributed by atoms with Crippen LogP contribution in [-0.2, 0) is 11.2 Å². The number of aromatic nitrogens is 2. The number of aliphatic hydroxyl groups excluding tert-OH is 1. The van der Waals surface area contributed by atoms with Crippen LogP contribution in [0.15, 0.2) is 6.33 Å². The van der Waals surface area contributed by atoms with Gasteiger partial charge in [-0.2, -0.15) is 0 Å². The monoisotopic (exact) mass is 254 g/mol. The maximum atomic E-state index is 9.26. The van der Waals surface area contributed by atoms with Crippen LogP contribution in [0.25, 0.3) is 0 Å². The van der Waals surface area contributed by atoms with Crippen LogP contribution >= 0.6 is 0 Å². The molecule has 0 radical (unpaired) electrons. The van der Waals surface area contributed by atoms with Crippen LogP contribution in [0, 0.1) is 0 Å². The van der Waals surface area contributed by atoms with Gasteiger partial charge in [0.05, 0.1) is 19.3 Å². The van der Waals surface area contributed by atoms with E-state index in [4.69, 9.17) is 4.74 Å². The van der Waals surface area contributed by atoms with E-state index in [0.717, 1.165) is 30.0 Å². The predicted molar refractivity (Wildman–Crippen MR) is 71.9 cm³/mol.